The number of pyridine rings is 1. The monoisotopic (exact) mass is 331 g/mol. The fourth-order valence-corrected chi connectivity index (χ4v) is 2.57. The Labute approximate surface area is 134 Å². The van der Waals surface area contributed by atoms with Crippen LogP contribution in [0, 0.1) is 16.0 Å². The van der Waals surface area contributed by atoms with Crippen LogP contribution in [0.5, 0.6) is 0 Å². The lowest BCUT2D eigenvalue weighted by molar-refractivity contribution is -0.384. The Kier molecular flexibility index (Phi) is 3.76. The van der Waals surface area contributed by atoms with Crippen LogP contribution >= 0.6 is 0 Å². The Hall–Kier alpha value is -3.23. The molecule has 0 saturated heterocycles. The number of nitrogens with zero attached hydrogens (tertiary/aromatic N) is 1. The van der Waals surface area contributed by atoms with Gasteiger partial charge in [-0.3, -0.25) is 19.7 Å². The van der Waals surface area contributed by atoms with Crippen LogP contribution in [0.15, 0.2) is 29.1 Å². The number of nitro groups is 1. The summed E-state index contributed by atoms with van der Waals surface area (Å²) >= 11 is 0. The van der Waals surface area contributed by atoms with Crippen molar-refractivity contribution in [3.8, 4) is 0 Å². The molecular formula is C15H13N3O6. The quantitative estimate of drug-likeness (QED) is 0.551. The van der Waals surface area contributed by atoms with E-state index >= 15 is 0 Å². The number of benzene rings is 1. The van der Waals surface area contributed by atoms with E-state index in [1.54, 1.807) is 0 Å². The number of carboxylic acids is 1. The van der Waals surface area contributed by atoms with Crippen LogP contribution in [0.1, 0.15) is 23.2 Å². The summed E-state index contributed by atoms with van der Waals surface area (Å²) in [6.45, 7) is 0. The molecule has 0 radical (unpaired) electrons. The number of aromatic amines is 1. The van der Waals surface area contributed by atoms with Crippen molar-refractivity contribution in [3.63, 3.8) is 0 Å². The molecular weight excluding hydrogens is 318 g/mol. The van der Waals surface area contributed by atoms with Gasteiger partial charge >= 0.3 is 5.97 Å². The molecule has 3 N–H and O–H groups in total. The molecule has 2 aromatic rings. The van der Waals surface area contributed by atoms with Gasteiger partial charge in [-0.25, -0.2) is 4.79 Å². The van der Waals surface area contributed by atoms with Gasteiger partial charge in [-0.15, -0.1) is 0 Å². The Morgan fingerprint density at radius 2 is 2.04 bits per heavy atom. The topological polar surface area (TPSA) is 142 Å². The van der Waals surface area contributed by atoms with Crippen LogP contribution in [-0.2, 0) is 4.79 Å². The van der Waals surface area contributed by atoms with Crippen molar-refractivity contribution in [2.24, 2.45) is 5.92 Å². The number of hydrogen-bond donors (Lipinski definition) is 3. The lowest BCUT2D eigenvalue weighted by Crippen LogP contribution is -2.42. The molecule has 1 amide bonds. The molecule has 124 valence electrons. The molecule has 9 nitrogen and oxygen atoms in total. The molecule has 3 rings (SSSR count). The van der Waals surface area contributed by atoms with E-state index in [-0.39, 0.29) is 28.1 Å². The van der Waals surface area contributed by atoms with Gasteiger partial charge in [0.15, 0.2) is 0 Å². The number of hydrogen-bond acceptors (Lipinski definition) is 5. The van der Waals surface area contributed by atoms with Gasteiger partial charge in [0, 0.05) is 29.1 Å². The minimum Gasteiger partial charge on any atom is -0.480 e. The molecule has 1 saturated carbocycles. The van der Waals surface area contributed by atoms with E-state index in [0.29, 0.717) is 12.8 Å². The van der Waals surface area contributed by atoms with E-state index in [0.717, 1.165) is 6.07 Å². The molecule has 1 atom stereocenters. The van der Waals surface area contributed by atoms with Crippen LogP contribution < -0.4 is 10.9 Å². The summed E-state index contributed by atoms with van der Waals surface area (Å²) < 4.78 is 0. The van der Waals surface area contributed by atoms with Crippen molar-refractivity contribution in [1.82, 2.24) is 10.3 Å². The maximum Gasteiger partial charge on any atom is 0.326 e. The third-order valence-electron chi connectivity index (χ3n) is 3.93. The average Bonchev–Trinajstić information content (AvgIpc) is 3.35. The van der Waals surface area contributed by atoms with Crippen LogP contribution in [0.25, 0.3) is 10.9 Å². The van der Waals surface area contributed by atoms with Gasteiger partial charge in [-0.1, -0.05) is 0 Å². The van der Waals surface area contributed by atoms with Crippen molar-refractivity contribution in [1.29, 1.82) is 0 Å². The van der Waals surface area contributed by atoms with Gasteiger partial charge < -0.3 is 15.4 Å². The standard InChI is InChI=1S/C15H13N3O6/c19-12-6-10(14(20)17-13(15(21)22)7-1-2-7)9-5-8(18(23)24)3-4-11(9)16-12/h3-7,13H,1-2H2,(H,16,19)(H,17,20)(H,21,22). The van der Waals surface area contributed by atoms with Crippen molar-refractivity contribution in [2.75, 3.05) is 0 Å². The predicted octanol–water partition coefficient (Wildman–Crippen LogP) is 1.03. The van der Waals surface area contributed by atoms with Gasteiger partial charge in [0.05, 0.1) is 10.5 Å². The first-order valence-corrected chi connectivity index (χ1v) is 7.22. The summed E-state index contributed by atoms with van der Waals surface area (Å²) in [6, 6.07) is 3.69. The zero-order valence-corrected chi connectivity index (χ0v) is 12.3. The molecule has 1 aliphatic rings. The molecule has 1 aromatic heterocycles. The highest BCUT2D eigenvalue weighted by Crippen LogP contribution is 2.33. The predicted molar refractivity (Wildman–Crippen MR) is 82.8 cm³/mol. The number of nitro benzene ring substituents is 1. The Morgan fingerprint density at radius 3 is 2.62 bits per heavy atom. The van der Waals surface area contributed by atoms with Crippen molar-refractivity contribution < 1.29 is 19.6 Å². The van der Waals surface area contributed by atoms with Crippen molar-refractivity contribution in [2.45, 2.75) is 18.9 Å². The summed E-state index contributed by atoms with van der Waals surface area (Å²) in [7, 11) is 0. The number of nitrogens with one attached hydrogen (secondary N) is 2. The van der Waals surface area contributed by atoms with E-state index in [1.807, 2.05) is 0 Å². The number of aliphatic carboxylic acids is 1. The lowest BCUT2D eigenvalue weighted by atomic mass is 10.1. The first-order valence-electron chi connectivity index (χ1n) is 7.22. The minimum absolute atomic E-state index is 0.0932. The Morgan fingerprint density at radius 1 is 1.33 bits per heavy atom. The fraction of sp³-hybridized carbons (Fsp3) is 0.267. The summed E-state index contributed by atoms with van der Waals surface area (Å²) in [5, 5.41) is 22.7. The molecule has 9 heteroatoms. The maximum atomic E-state index is 12.4. The van der Waals surface area contributed by atoms with Gasteiger partial charge in [-0.2, -0.15) is 0 Å². The number of fused-ring (bicyclic) bond motifs is 1. The highest BCUT2D eigenvalue weighted by atomic mass is 16.6. The average molecular weight is 331 g/mol. The second-order valence-electron chi connectivity index (χ2n) is 5.66. The lowest BCUT2D eigenvalue weighted by Gasteiger charge is -2.14. The van der Waals surface area contributed by atoms with E-state index in [4.69, 9.17) is 0 Å². The SMILES string of the molecule is O=C(NC(C(=O)O)C1CC1)c1cc(=O)[nH]c2ccc([N+](=O)[O-])cc12. The van der Waals surface area contributed by atoms with Gasteiger partial charge in [0.2, 0.25) is 5.56 Å². The molecule has 0 aliphatic heterocycles. The molecule has 1 aromatic carbocycles. The Balaban J connectivity index is 2.04. The van der Waals surface area contributed by atoms with Crippen molar-refractivity contribution >= 4 is 28.5 Å². The van der Waals surface area contributed by atoms with Crippen LogP contribution in [0.2, 0.25) is 0 Å². The van der Waals surface area contributed by atoms with E-state index in [9.17, 15) is 29.6 Å². The number of aromatic nitrogens is 1. The fourth-order valence-electron chi connectivity index (χ4n) is 2.57. The van der Waals surface area contributed by atoms with Gasteiger partial charge in [-0.05, 0) is 24.8 Å². The third-order valence-corrected chi connectivity index (χ3v) is 3.93. The highest BCUT2D eigenvalue weighted by Gasteiger charge is 2.37. The second-order valence-corrected chi connectivity index (χ2v) is 5.66. The molecule has 1 aliphatic carbocycles. The summed E-state index contributed by atoms with van der Waals surface area (Å²) in [4.78, 5) is 48.2. The zero-order chi connectivity index (χ0) is 17.4. The van der Waals surface area contributed by atoms with E-state index in [2.05, 4.69) is 10.3 Å². The first-order chi connectivity index (χ1) is 11.4. The Bertz CT molecular complexity index is 915. The zero-order valence-electron chi connectivity index (χ0n) is 12.3. The number of amides is 1. The first kappa shape index (κ1) is 15.7. The second kappa shape index (κ2) is 5.76. The normalized spacial score (nSPS) is 15.0. The maximum absolute atomic E-state index is 12.4. The molecule has 0 spiro atoms. The third kappa shape index (κ3) is 2.96. The van der Waals surface area contributed by atoms with Gasteiger partial charge in [0.1, 0.15) is 6.04 Å². The van der Waals surface area contributed by atoms with Crippen molar-refractivity contribution in [3.05, 3.63) is 50.3 Å². The summed E-state index contributed by atoms with van der Waals surface area (Å²) in [5.41, 5.74) is -0.624. The minimum atomic E-state index is -1.15. The van der Waals surface area contributed by atoms with E-state index < -0.39 is 28.4 Å². The van der Waals surface area contributed by atoms with Crippen LogP contribution in [0.4, 0.5) is 5.69 Å². The number of H-pyrrole nitrogens is 1. The molecule has 24 heavy (non-hydrogen) atoms. The number of carbonyl (C=O) groups excluding carboxylic acids is 1. The highest BCUT2D eigenvalue weighted by molar-refractivity contribution is 6.07. The molecule has 1 fully saturated rings. The molecule has 1 heterocycles. The van der Waals surface area contributed by atoms with Crippen LogP contribution in [-0.4, -0.2) is 32.9 Å². The number of non-ortho nitro benzene ring substituents is 1. The molecule has 0 bridgehead atoms. The van der Waals surface area contributed by atoms with E-state index in [1.165, 1.54) is 18.2 Å². The van der Waals surface area contributed by atoms with Gasteiger partial charge in [0.25, 0.3) is 11.6 Å². The number of carbonyl (C=O) groups is 2. The summed E-state index contributed by atoms with van der Waals surface area (Å²) in [6.07, 6.45) is 1.41. The number of rotatable bonds is 5. The summed E-state index contributed by atoms with van der Waals surface area (Å²) in [5.74, 6) is -2.02. The molecule has 1 unspecified atom stereocenters. The number of carboxylic acid groups (broad SMARTS) is 1. The van der Waals surface area contributed by atoms with Crippen LogP contribution in [0.3, 0.4) is 0 Å². The largest absolute Gasteiger partial charge is 0.480 e. The smallest absolute Gasteiger partial charge is 0.326 e.